The minimum absolute atomic E-state index is 0.231. The van der Waals surface area contributed by atoms with Gasteiger partial charge in [0.2, 0.25) is 0 Å². The highest BCUT2D eigenvalue weighted by Gasteiger charge is 2.06. The standard InChI is InChI=1S/C12H11BrN2O/c13-11-4-8(6-14)7-15-12(11)9-2-1-3-10(16)5-9/h1-5,7,16H,6,14H2. The Morgan fingerprint density at radius 3 is 2.75 bits per heavy atom. The predicted octanol–water partition coefficient (Wildman–Crippen LogP) is 2.68. The second kappa shape index (κ2) is 4.63. The van der Waals surface area contributed by atoms with Crippen LogP contribution in [0.5, 0.6) is 5.75 Å². The maximum Gasteiger partial charge on any atom is 0.116 e. The average molecular weight is 279 g/mol. The molecular weight excluding hydrogens is 268 g/mol. The maximum atomic E-state index is 9.40. The summed E-state index contributed by atoms with van der Waals surface area (Å²) in [5.41, 5.74) is 8.17. The third kappa shape index (κ3) is 2.23. The molecule has 0 radical (unpaired) electrons. The third-order valence-corrected chi connectivity index (χ3v) is 2.86. The second-order valence-corrected chi connectivity index (χ2v) is 4.28. The van der Waals surface area contributed by atoms with Gasteiger partial charge in [-0.1, -0.05) is 12.1 Å². The smallest absolute Gasteiger partial charge is 0.116 e. The highest BCUT2D eigenvalue weighted by Crippen LogP contribution is 2.28. The molecule has 16 heavy (non-hydrogen) atoms. The highest BCUT2D eigenvalue weighted by molar-refractivity contribution is 9.10. The van der Waals surface area contributed by atoms with Gasteiger partial charge in [0.05, 0.1) is 5.69 Å². The van der Waals surface area contributed by atoms with E-state index in [-0.39, 0.29) is 5.75 Å². The van der Waals surface area contributed by atoms with Crippen LogP contribution in [0.4, 0.5) is 0 Å². The van der Waals surface area contributed by atoms with E-state index in [1.807, 2.05) is 12.1 Å². The number of rotatable bonds is 2. The maximum absolute atomic E-state index is 9.40. The van der Waals surface area contributed by atoms with Crippen LogP contribution >= 0.6 is 15.9 Å². The van der Waals surface area contributed by atoms with Gasteiger partial charge in [-0.3, -0.25) is 4.98 Å². The molecule has 0 spiro atoms. The Morgan fingerprint density at radius 1 is 1.31 bits per heavy atom. The molecule has 0 saturated carbocycles. The quantitative estimate of drug-likeness (QED) is 0.888. The molecule has 0 saturated heterocycles. The van der Waals surface area contributed by atoms with Crippen molar-refractivity contribution in [2.75, 3.05) is 0 Å². The fourth-order valence-corrected chi connectivity index (χ4v) is 2.08. The number of benzene rings is 1. The zero-order chi connectivity index (χ0) is 11.5. The number of nitrogens with two attached hydrogens (primary N) is 1. The molecule has 0 atom stereocenters. The van der Waals surface area contributed by atoms with Crippen LogP contribution in [0.15, 0.2) is 41.0 Å². The van der Waals surface area contributed by atoms with Crippen LogP contribution in [0.2, 0.25) is 0 Å². The molecule has 0 bridgehead atoms. The van der Waals surface area contributed by atoms with Crippen LogP contribution in [-0.4, -0.2) is 10.1 Å². The summed E-state index contributed by atoms with van der Waals surface area (Å²) in [5, 5.41) is 9.40. The van der Waals surface area contributed by atoms with Crippen LogP contribution in [0, 0.1) is 0 Å². The van der Waals surface area contributed by atoms with E-state index in [2.05, 4.69) is 20.9 Å². The van der Waals surface area contributed by atoms with E-state index in [4.69, 9.17) is 5.73 Å². The van der Waals surface area contributed by atoms with Gasteiger partial charge in [0, 0.05) is 22.8 Å². The van der Waals surface area contributed by atoms with Crippen molar-refractivity contribution >= 4 is 15.9 Å². The molecule has 0 aliphatic carbocycles. The van der Waals surface area contributed by atoms with Crippen molar-refractivity contribution in [2.24, 2.45) is 5.73 Å². The Kier molecular flexibility index (Phi) is 3.22. The number of halogens is 1. The molecular formula is C12H11BrN2O. The van der Waals surface area contributed by atoms with Crippen LogP contribution < -0.4 is 5.73 Å². The van der Waals surface area contributed by atoms with Gasteiger partial charge in [0.1, 0.15) is 5.75 Å². The lowest BCUT2D eigenvalue weighted by Crippen LogP contribution is -1.97. The Labute approximate surface area is 102 Å². The largest absolute Gasteiger partial charge is 0.508 e. The lowest BCUT2D eigenvalue weighted by molar-refractivity contribution is 0.475. The molecule has 0 unspecified atom stereocenters. The summed E-state index contributed by atoms with van der Waals surface area (Å²) < 4.78 is 0.876. The number of hydrogen-bond acceptors (Lipinski definition) is 3. The number of phenolic OH excluding ortho intramolecular Hbond substituents is 1. The van der Waals surface area contributed by atoms with Crippen molar-refractivity contribution < 1.29 is 5.11 Å². The number of nitrogens with zero attached hydrogens (tertiary/aromatic N) is 1. The van der Waals surface area contributed by atoms with Gasteiger partial charge in [-0.2, -0.15) is 0 Å². The lowest BCUT2D eigenvalue weighted by Gasteiger charge is -2.05. The van der Waals surface area contributed by atoms with E-state index in [9.17, 15) is 5.11 Å². The van der Waals surface area contributed by atoms with E-state index in [0.717, 1.165) is 21.3 Å². The molecule has 0 aliphatic heterocycles. The van der Waals surface area contributed by atoms with Crippen LogP contribution in [0.25, 0.3) is 11.3 Å². The van der Waals surface area contributed by atoms with Crippen molar-refractivity contribution in [3.05, 3.63) is 46.6 Å². The van der Waals surface area contributed by atoms with Crippen LogP contribution in [0.3, 0.4) is 0 Å². The van der Waals surface area contributed by atoms with Crippen molar-refractivity contribution in [2.45, 2.75) is 6.54 Å². The highest BCUT2D eigenvalue weighted by atomic mass is 79.9. The number of hydrogen-bond donors (Lipinski definition) is 2. The Morgan fingerprint density at radius 2 is 2.12 bits per heavy atom. The first kappa shape index (κ1) is 11.1. The minimum atomic E-state index is 0.231. The third-order valence-electron chi connectivity index (χ3n) is 2.25. The lowest BCUT2D eigenvalue weighted by atomic mass is 10.1. The zero-order valence-electron chi connectivity index (χ0n) is 8.52. The van der Waals surface area contributed by atoms with Gasteiger partial charge in [-0.25, -0.2) is 0 Å². The second-order valence-electron chi connectivity index (χ2n) is 3.43. The topological polar surface area (TPSA) is 59.1 Å². The minimum Gasteiger partial charge on any atom is -0.508 e. The summed E-state index contributed by atoms with van der Waals surface area (Å²) in [6.07, 6.45) is 1.74. The molecule has 1 heterocycles. The molecule has 0 amide bonds. The molecule has 0 aliphatic rings. The monoisotopic (exact) mass is 278 g/mol. The molecule has 2 aromatic rings. The van der Waals surface area contributed by atoms with Gasteiger partial charge in [-0.15, -0.1) is 0 Å². The molecule has 2 rings (SSSR count). The van der Waals surface area contributed by atoms with E-state index < -0.39 is 0 Å². The number of aromatic hydroxyl groups is 1. The summed E-state index contributed by atoms with van der Waals surface area (Å²) >= 11 is 3.45. The first-order chi connectivity index (χ1) is 7.70. The van der Waals surface area contributed by atoms with E-state index in [0.29, 0.717) is 6.54 Å². The van der Waals surface area contributed by atoms with Gasteiger partial charge in [0.15, 0.2) is 0 Å². The summed E-state index contributed by atoms with van der Waals surface area (Å²) in [6.45, 7) is 0.464. The van der Waals surface area contributed by atoms with Crippen molar-refractivity contribution in [3.63, 3.8) is 0 Å². The first-order valence-corrected chi connectivity index (χ1v) is 5.64. The van der Waals surface area contributed by atoms with Crippen molar-refractivity contribution in [3.8, 4) is 17.0 Å². The van der Waals surface area contributed by atoms with Gasteiger partial charge < -0.3 is 10.8 Å². The Bertz CT molecular complexity index is 514. The summed E-state index contributed by atoms with van der Waals surface area (Å²) in [4.78, 5) is 4.32. The number of pyridine rings is 1. The summed E-state index contributed by atoms with van der Waals surface area (Å²) in [7, 11) is 0. The summed E-state index contributed by atoms with van der Waals surface area (Å²) in [5.74, 6) is 0.231. The van der Waals surface area contributed by atoms with Gasteiger partial charge in [-0.05, 0) is 39.7 Å². The summed E-state index contributed by atoms with van der Waals surface area (Å²) in [6, 6.07) is 8.93. The van der Waals surface area contributed by atoms with Gasteiger partial charge >= 0.3 is 0 Å². The van der Waals surface area contributed by atoms with E-state index in [1.54, 1.807) is 24.4 Å². The first-order valence-electron chi connectivity index (χ1n) is 4.84. The number of phenols is 1. The fourth-order valence-electron chi connectivity index (χ4n) is 1.45. The number of aromatic nitrogens is 1. The van der Waals surface area contributed by atoms with Crippen LogP contribution in [0.1, 0.15) is 5.56 Å². The molecule has 3 N–H and O–H groups in total. The molecule has 0 fully saturated rings. The molecule has 4 heteroatoms. The SMILES string of the molecule is NCc1cnc(-c2cccc(O)c2)c(Br)c1. The van der Waals surface area contributed by atoms with Crippen molar-refractivity contribution in [1.82, 2.24) is 4.98 Å². The van der Waals surface area contributed by atoms with Crippen LogP contribution in [-0.2, 0) is 6.54 Å². The molecule has 1 aromatic carbocycles. The normalized spacial score (nSPS) is 10.4. The Hall–Kier alpha value is -1.39. The predicted molar refractivity (Wildman–Crippen MR) is 66.9 cm³/mol. The van der Waals surface area contributed by atoms with E-state index in [1.165, 1.54) is 0 Å². The average Bonchev–Trinajstić information content (AvgIpc) is 2.28. The Balaban J connectivity index is 2.48. The molecule has 3 nitrogen and oxygen atoms in total. The zero-order valence-corrected chi connectivity index (χ0v) is 10.1. The van der Waals surface area contributed by atoms with E-state index >= 15 is 0 Å². The van der Waals surface area contributed by atoms with Gasteiger partial charge in [0.25, 0.3) is 0 Å². The molecule has 1 aromatic heterocycles. The molecule has 82 valence electrons. The fraction of sp³-hybridized carbons (Fsp3) is 0.0833. The van der Waals surface area contributed by atoms with Crippen molar-refractivity contribution in [1.29, 1.82) is 0 Å².